The van der Waals surface area contributed by atoms with Crippen LogP contribution in [0.1, 0.15) is 18.5 Å². The number of non-ortho nitro benzene ring substituents is 1. The first-order valence-electron chi connectivity index (χ1n) is 8.68. The van der Waals surface area contributed by atoms with E-state index < -0.39 is 0 Å². The lowest BCUT2D eigenvalue weighted by molar-refractivity contribution is -0.384. The summed E-state index contributed by atoms with van der Waals surface area (Å²) in [4.78, 5) is 13.4. The van der Waals surface area contributed by atoms with Crippen LogP contribution < -0.4 is 0 Å². The van der Waals surface area contributed by atoms with Gasteiger partial charge in [0, 0.05) is 47.9 Å². The maximum atomic E-state index is 11.3. The highest BCUT2D eigenvalue weighted by atomic mass is 35.5. The van der Waals surface area contributed by atoms with Gasteiger partial charge in [-0.15, -0.1) is 12.4 Å². The lowest BCUT2D eigenvalue weighted by Crippen LogP contribution is -2.20. The van der Waals surface area contributed by atoms with Gasteiger partial charge in [-0.1, -0.05) is 30.3 Å². The number of benzene rings is 2. The van der Waals surface area contributed by atoms with Crippen LogP contribution in [0, 0.1) is 10.1 Å². The summed E-state index contributed by atoms with van der Waals surface area (Å²) in [5, 5.41) is 12.2. The molecule has 1 aliphatic heterocycles. The van der Waals surface area contributed by atoms with E-state index in [2.05, 4.69) is 28.6 Å². The Kier molecular flexibility index (Phi) is 5.30. The Morgan fingerprint density at radius 3 is 2.42 bits per heavy atom. The van der Waals surface area contributed by atoms with Crippen molar-refractivity contribution in [3.63, 3.8) is 0 Å². The number of halogens is 1. The fourth-order valence-electron chi connectivity index (χ4n) is 3.86. The maximum Gasteiger partial charge on any atom is 0.270 e. The molecule has 0 atom stereocenters. The minimum atomic E-state index is -0.318. The fraction of sp³-hybridized carbons (Fsp3) is 0.300. The number of likely N-dealkylation sites (tertiary alicyclic amines) is 1. The molecule has 0 spiro atoms. The Morgan fingerprint density at radius 1 is 1.08 bits per heavy atom. The second-order valence-electron chi connectivity index (χ2n) is 6.69. The van der Waals surface area contributed by atoms with Crippen LogP contribution in [-0.2, 0) is 13.6 Å². The van der Waals surface area contributed by atoms with Crippen molar-refractivity contribution in [3.8, 4) is 11.1 Å². The number of nitro benzene ring substituents is 1. The van der Waals surface area contributed by atoms with Crippen molar-refractivity contribution in [2.75, 3.05) is 13.1 Å². The van der Waals surface area contributed by atoms with Crippen molar-refractivity contribution in [2.24, 2.45) is 7.05 Å². The SMILES string of the molecule is Cl.Cn1c(CN2CCCC2)c(-c2ccccc2)c2cc([N+](=O)[O-])ccc21. The average molecular weight is 372 g/mol. The van der Waals surface area contributed by atoms with E-state index in [1.807, 2.05) is 24.3 Å². The van der Waals surface area contributed by atoms with E-state index in [-0.39, 0.29) is 23.0 Å². The molecular weight excluding hydrogens is 350 g/mol. The highest BCUT2D eigenvalue weighted by Gasteiger charge is 2.22. The summed E-state index contributed by atoms with van der Waals surface area (Å²) >= 11 is 0. The zero-order valence-corrected chi connectivity index (χ0v) is 15.5. The molecule has 0 saturated carbocycles. The lowest BCUT2D eigenvalue weighted by Gasteiger charge is -2.17. The van der Waals surface area contributed by atoms with Gasteiger partial charge in [-0.25, -0.2) is 0 Å². The molecule has 2 aromatic carbocycles. The van der Waals surface area contributed by atoms with Gasteiger partial charge in [-0.3, -0.25) is 15.0 Å². The lowest BCUT2D eigenvalue weighted by atomic mass is 10.0. The molecule has 4 rings (SSSR count). The van der Waals surface area contributed by atoms with Gasteiger partial charge in [-0.05, 0) is 37.6 Å². The van der Waals surface area contributed by atoms with Crippen molar-refractivity contribution < 1.29 is 4.92 Å². The molecule has 2 heterocycles. The Bertz CT molecular complexity index is 931. The summed E-state index contributed by atoms with van der Waals surface area (Å²) in [5.74, 6) is 0. The molecule has 1 saturated heterocycles. The molecule has 1 aliphatic rings. The van der Waals surface area contributed by atoms with Crippen LogP contribution in [0.4, 0.5) is 5.69 Å². The second kappa shape index (κ2) is 7.48. The van der Waals surface area contributed by atoms with Gasteiger partial charge in [0.15, 0.2) is 0 Å². The Hall–Kier alpha value is -2.37. The van der Waals surface area contributed by atoms with Crippen molar-refractivity contribution in [1.29, 1.82) is 0 Å². The standard InChI is InChI=1S/C20H21N3O2.ClH/c1-21-18-10-9-16(23(24)25)13-17(18)20(15-7-3-2-4-8-15)19(21)14-22-11-5-6-12-22;/h2-4,7-10,13H,5-6,11-12,14H2,1H3;1H. The van der Waals surface area contributed by atoms with Gasteiger partial charge in [0.25, 0.3) is 5.69 Å². The molecule has 1 aromatic heterocycles. The largest absolute Gasteiger partial charge is 0.346 e. The number of hydrogen-bond donors (Lipinski definition) is 0. The zero-order valence-electron chi connectivity index (χ0n) is 14.7. The molecule has 0 bridgehead atoms. The smallest absolute Gasteiger partial charge is 0.270 e. The van der Waals surface area contributed by atoms with E-state index in [4.69, 9.17) is 0 Å². The van der Waals surface area contributed by atoms with Crippen LogP contribution in [0.25, 0.3) is 22.0 Å². The van der Waals surface area contributed by atoms with Crippen LogP contribution in [0.5, 0.6) is 0 Å². The maximum absolute atomic E-state index is 11.3. The number of aromatic nitrogens is 1. The van der Waals surface area contributed by atoms with E-state index >= 15 is 0 Å². The van der Waals surface area contributed by atoms with E-state index in [1.165, 1.54) is 18.5 Å². The number of rotatable bonds is 4. The number of nitrogens with zero attached hydrogens (tertiary/aromatic N) is 3. The quantitative estimate of drug-likeness (QED) is 0.490. The van der Waals surface area contributed by atoms with Gasteiger partial charge in [0.1, 0.15) is 0 Å². The average Bonchev–Trinajstić information content (AvgIpc) is 3.23. The first kappa shape index (κ1) is 18.4. The first-order chi connectivity index (χ1) is 12.1. The Labute approximate surface area is 158 Å². The van der Waals surface area contributed by atoms with Gasteiger partial charge in [0.05, 0.1) is 4.92 Å². The van der Waals surface area contributed by atoms with Gasteiger partial charge in [-0.2, -0.15) is 0 Å². The van der Waals surface area contributed by atoms with E-state index in [1.54, 1.807) is 12.1 Å². The fourth-order valence-corrected chi connectivity index (χ4v) is 3.86. The third-order valence-corrected chi connectivity index (χ3v) is 5.15. The highest BCUT2D eigenvalue weighted by molar-refractivity contribution is 5.99. The molecule has 5 nitrogen and oxygen atoms in total. The molecule has 0 N–H and O–H groups in total. The van der Waals surface area contributed by atoms with Gasteiger partial charge < -0.3 is 4.57 Å². The van der Waals surface area contributed by atoms with Crippen molar-refractivity contribution in [3.05, 3.63) is 64.3 Å². The second-order valence-corrected chi connectivity index (χ2v) is 6.69. The number of fused-ring (bicyclic) bond motifs is 1. The first-order valence-corrected chi connectivity index (χ1v) is 8.68. The molecule has 0 unspecified atom stereocenters. The van der Waals surface area contributed by atoms with Gasteiger partial charge >= 0.3 is 0 Å². The van der Waals surface area contributed by atoms with Crippen LogP contribution in [-0.4, -0.2) is 27.5 Å². The van der Waals surface area contributed by atoms with Crippen molar-refractivity contribution >= 4 is 29.0 Å². The zero-order chi connectivity index (χ0) is 17.4. The summed E-state index contributed by atoms with van der Waals surface area (Å²) in [6, 6.07) is 15.4. The monoisotopic (exact) mass is 371 g/mol. The molecule has 1 fully saturated rings. The van der Waals surface area contributed by atoms with Crippen LogP contribution in [0.15, 0.2) is 48.5 Å². The number of nitro groups is 1. The Balaban J connectivity index is 0.00000196. The third-order valence-electron chi connectivity index (χ3n) is 5.15. The van der Waals surface area contributed by atoms with Gasteiger partial charge in [0.2, 0.25) is 0 Å². The van der Waals surface area contributed by atoms with E-state index in [9.17, 15) is 10.1 Å². The predicted octanol–water partition coefficient (Wildman–Crippen LogP) is 4.77. The molecule has 6 heteroatoms. The van der Waals surface area contributed by atoms with E-state index in [0.29, 0.717) is 0 Å². The third kappa shape index (κ3) is 3.20. The molecule has 3 aromatic rings. The normalized spacial score (nSPS) is 14.5. The molecule has 0 aliphatic carbocycles. The molecule has 0 amide bonds. The van der Waals surface area contributed by atoms with Crippen LogP contribution >= 0.6 is 12.4 Å². The number of hydrogen-bond acceptors (Lipinski definition) is 3. The molecular formula is C20H22ClN3O2. The minimum Gasteiger partial charge on any atom is -0.346 e. The van der Waals surface area contributed by atoms with Crippen LogP contribution in [0.3, 0.4) is 0 Å². The predicted molar refractivity (Wildman–Crippen MR) is 107 cm³/mol. The van der Waals surface area contributed by atoms with Crippen molar-refractivity contribution in [1.82, 2.24) is 9.47 Å². The number of aryl methyl sites for hydroxylation is 1. The van der Waals surface area contributed by atoms with Crippen LogP contribution in [0.2, 0.25) is 0 Å². The molecule has 136 valence electrons. The van der Waals surface area contributed by atoms with E-state index in [0.717, 1.165) is 41.7 Å². The minimum absolute atomic E-state index is 0. The topological polar surface area (TPSA) is 51.3 Å². The molecule has 26 heavy (non-hydrogen) atoms. The van der Waals surface area contributed by atoms with Crippen molar-refractivity contribution in [2.45, 2.75) is 19.4 Å². The summed E-state index contributed by atoms with van der Waals surface area (Å²) in [5.41, 5.74) is 4.64. The summed E-state index contributed by atoms with van der Waals surface area (Å²) in [6.45, 7) is 3.12. The summed E-state index contributed by atoms with van der Waals surface area (Å²) in [7, 11) is 2.06. The molecule has 0 radical (unpaired) electrons. The highest BCUT2D eigenvalue weighted by Crippen LogP contribution is 2.37. The summed E-state index contributed by atoms with van der Waals surface area (Å²) in [6.07, 6.45) is 2.49. The Morgan fingerprint density at radius 2 is 1.77 bits per heavy atom. The summed E-state index contributed by atoms with van der Waals surface area (Å²) < 4.78 is 2.19.